The highest BCUT2D eigenvalue weighted by molar-refractivity contribution is 5.93. The van der Waals surface area contributed by atoms with Crippen molar-refractivity contribution in [1.29, 1.82) is 0 Å². The Morgan fingerprint density at radius 1 is 1.21 bits per heavy atom. The van der Waals surface area contributed by atoms with E-state index in [9.17, 15) is 9.18 Å². The molecule has 1 amide bonds. The second-order valence-electron chi connectivity index (χ2n) is 7.51. The number of nitrogens with one attached hydrogen (secondary N) is 1. The molecule has 8 heteroatoms. The van der Waals surface area contributed by atoms with Gasteiger partial charge in [0.2, 0.25) is 0 Å². The number of rotatable bonds is 3. The lowest BCUT2D eigenvalue weighted by atomic mass is 10.0. The van der Waals surface area contributed by atoms with Crippen LogP contribution in [0.2, 0.25) is 0 Å². The smallest absolute Gasteiger partial charge is 0.409 e. The van der Waals surface area contributed by atoms with Crippen LogP contribution in [0.4, 0.5) is 26.2 Å². The molecule has 2 saturated heterocycles. The maximum Gasteiger partial charge on any atom is 0.409 e. The maximum absolute atomic E-state index is 13.4. The Kier molecular flexibility index (Phi) is 4.40. The summed E-state index contributed by atoms with van der Waals surface area (Å²) in [4.78, 5) is 13.2. The van der Waals surface area contributed by atoms with E-state index in [0.717, 1.165) is 16.8 Å². The van der Waals surface area contributed by atoms with Crippen molar-refractivity contribution in [3.63, 3.8) is 0 Å². The molecule has 0 aromatic heterocycles. The third-order valence-corrected chi connectivity index (χ3v) is 4.99. The number of benzene rings is 2. The highest BCUT2D eigenvalue weighted by Gasteiger charge is 2.47. The first-order valence-electron chi connectivity index (χ1n) is 9.02. The zero-order valence-electron chi connectivity index (χ0n) is 15.6. The van der Waals surface area contributed by atoms with Crippen LogP contribution < -0.4 is 16.0 Å². The summed E-state index contributed by atoms with van der Waals surface area (Å²) in [6.45, 7) is 4.97. The van der Waals surface area contributed by atoms with Gasteiger partial charge >= 0.3 is 6.09 Å². The first-order chi connectivity index (χ1) is 13.2. The van der Waals surface area contributed by atoms with Gasteiger partial charge in [0.1, 0.15) is 18.0 Å². The Bertz CT molecular complexity index is 900. The van der Waals surface area contributed by atoms with Crippen molar-refractivity contribution in [2.75, 3.05) is 29.0 Å². The molecule has 148 valence electrons. The summed E-state index contributed by atoms with van der Waals surface area (Å²) >= 11 is 0. The minimum atomic E-state index is -1.20. The minimum Gasteiger partial charge on any atom is -0.465 e. The van der Waals surface area contributed by atoms with Gasteiger partial charge in [-0.1, -0.05) is 12.1 Å². The molecule has 28 heavy (non-hydrogen) atoms. The molecule has 2 aromatic rings. The number of amides is 1. The van der Waals surface area contributed by atoms with Crippen molar-refractivity contribution in [2.45, 2.75) is 31.8 Å². The molecule has 2 aliphatic rings. The minimum absolute atomic E-state index is 0.0792. The third kappa shape index (κ3) is 3.48. The molecular weight excluding hydrogens is 365 g/mol. The van der Waals surface area contributed by atoms with Crippen LogP contribution in [0.5, 0.6) is 0 Å². The maximum atomic E-state index is 13.4. The highest BCUT2D eigenvalue weighted by atomic mass is 19.1. The fraction of sp³-hybridized carbons (Fsp3) is 0.350. The number of halogens is 1. The molecule has 0 spiro atoms. The van der Waals surface area contributed by atoms with Gasteiger partial charge in [-0.15, -0.1) is 0 Å². The average molecular weight is 387 g/mol. The van der Waals surface area contributed by atoms with Crippen LogP contribution in [-0.4, -0.2) is 42.3 Å². The van der Waals surface area contributed by atoms with E-state index in [1.54, 1.807) is 24.3 Å². The SMILES string of the molecule is CC1(C)OC2CN(c3cc(NC(=O)O)c(N)cc3-c3ccc(F)cc3)CC2O1. The van der Waals surface area contributed by atoms with E-state index in [2.05, 4.69) is 10.2 Å². The summed E-state index contributed by atoms with van der Waals surface area (Å²) in [5.74, 6) is -0.944. The van der Waals surface area contributed by atoms with Crippen LogP contribution in [-0.2, 0) is 9.47 Å². The Morgan fingerprint density at radius 2 is 1.82 bits per heavy atom. The van der Waals surface area contributed by atoms with Gasteiger partial charge in [-0.05, 0) is 43.7 Å². The molecule has 0 saturated carbocycles. The lowest BCUT2D eigenvalue weighted by Gasteiger charge is -2.27. The molecule has 2 atom stereocenters. The van der Waals surface area contributed by atoms with Gasteiger partial charge in [-0.3, -0.25) is 5.32 Å². The summed E-state index contributed by atoms with van der Waals surface area (Å²) in [6.07, 6.45) is -1.35. The first kappa shape index (κ1) is 18.5. The van der Waals surface area contributed by atoms with Crippen molar-refractivity contribution in [1.82, 2.24) is 0 Å². The van der Waals surface area contributed by atoms with E-state index in [1.165, 1.54) is 12.1 Å². The summed E-state index contributed by atoms with van der Waals surface area (Å²) in [7, 11) is 0. The van der Waals surface area contributed by atoms with Crippen molar-refractivity contribution >= 4 is 23.2 Å². The number of anilines is 3. The van der Waals surface area contributed by atoms with E-state index >= 15 is 0 Å². The van der Waals surface area contributed by atoms with Gasteiger partial charge in [0.25, 0.3) is 0 Å². The van der Waals surface area contributed by atoms with E-state index in [1.807, 2.05) is 13.8 Å². The third-order valence-electron chi connectivity index (χ3n) is 4.99. The fourth-order valence-corrected chi connectivity index (χ4v) is 3.87. The molecule has 0 radical (unpaired) electrons. The second kappa shape index (κ2) is 6.65. The number of fused-ring (bicyclic) bond motifs is 1. The Balaban J connectivity index is 1.73. The molecule has 2 aromatic carbocycles. The van der Waals surface area contributed by atoms with Crippen molar-refractivity contribution in [3.8, 4) is 11.1 Å². The topological polar surface area (TPSA) is 97.0 Å². The zero-order chi connectivity index (χ0) is 20.1. The number of nitrogens with zero attached hydrogens (tertiary/aromatic N) is 1. The molecule has 4 rings (SSSR count). The number of carbonyl (C=O) groups is 1. The number of hydrogen-bond donors (Lipinski definition) is 3. The number of carboxylic acid groups (broad SMARTS) is 1. The van der Waals surface area contributed by atoms with Gasteiger partial charge in [0, 0.05) is 24.3 Å². The number of nitrogen functional groups attached to an aromatic ring is 1. The first-order valence-corrected chi connectivity index (χ1v) is 9.02. The van der Waals surface area contributed by atoms with Crippen LogP contribution in [0.1, 0.15) is 13.8 Å². The zero-order valence-corrected chi connectivity index (χ0v) is 15.6. The standard InChI is InChI=1S/C20H22FN3O4/c1-20(2)27-17-9-24(10-18(17)28-20)16-8-15(23-19(25)26)14(22)7-13(16)11-3-5-12(21)6-4-11/h3-8,17-18,23H,9-10,22H2,1-2H3,(H,25,26). The lowest BCUT2D eigenvalue weighted by Crippen LogP contribution is -2.30. The van der Waals surface area contributed by atoms with Gasteiger partial charge in [0.05, 0.1) is 11.4 Å². The van der Waals surface area contributed by atoms with E-state index in [0.29, 0.717) is 24.5 Å². The van der Waals surface area contributed by atoms with Crippen molar-refractivity contribution in [3.05, 3.63) is 42.2 Å². The van der Waals surface area contributed by atoms with E-state index < -0.39 is 11.9 Å². The predicted octanol–water partition coefficient (Wildman–Crippen LogP) is 3.50. The normalized spacial score (nSPS) is 22.9. The van der Waals surface area contributed by atoms with Crippen molar-refractivity contribution in [2.24, 2.45) is 0 Å². The Hall–Kier alpha value is -2.84. The summed E-state index contributed by atoms with van der Waals surface area (Å²) in [6, 6.07) is 9.51. The van der Waals surface area contributed by atoms with E-state index in [-0.39, 0.29) is 18.0 Å². The van der Waals surface area contributed by atoms with Gasteiger partial charge in [0.15, 0.2) is 5.79 Å². The number of ether oxygens (including phenoxy) is 2. The predicted molar refractivity (Wildman–Crippen MR) is 104 cm³/mol. The number of hydrogen-bond acceptors (Lipinski definition) is 5. The monoisotopic (exact) mass is 387 g/mol. The van der Waals surface area contributed by atoms with Crippen LogP contribution in [0.15, 0.2) is 36.4 Å². The van der Waals surface area contributed by atoms with Crippen molar-refractivity contribution < 1.29 is 23.8 Å². The quantitative estimate of drug-likeness (QED) is 0.698. The molecule has 2 heterocycles. The molecule has 2 unspecified atom stereocenters. The summed E-state index contributed by atoms with van der Waals surface area (Å²) in [5.41, 5.74) is 9.00. The highest BCUT2D eigenvalue weighted by Crippen LogP contribution is 2.41. The Labute approximate surface area is 161 Å². The van der Waals surface area contributed by atoms with Gasteiger partial charge in [-0.25, -0.2) is 9.18 Å². The van der Waals surface area contributed by atoms with Gasteiger partial charge in [-0.2, -0.15) is 0 Å². The molecule has 0 aliphatic carbocycles. The van der Waals surface area contributed by atoms with Crippen LogP contribution in [0, 0.1) is 5.82 Å². The number of nitrogens with two attached hydrogens (primary N) is 1. The van der Waals surface area contributed by atoms with E-state index in [4.69, 9.17) is 20.3 Å². The molecule has 0 bridgehead atoms. The molecular formula is C20H22FN3O4. The fourth-order valence-electron chi connectivity index (χ4n) is 3.87. The molecule has 2 fully saturated rings. The largest absolute Gasteiger partial charge is 0.465 e. The van der Waals surface area contributed by atoms with Crippen LogP contribution in [0.3, 0.4) is 0 Å². The van der Waals surface area contributed by atoms with Gasteiger partial charge < -0.3 is 25.2 Å². The Morgan fingerprint density at radius 3 is 2.39 bits per heavy atom. The second-order valence-corrected chi connectivity index (χ2v) is 7.51. The molecule has 4 N–H and O–H groups in total. The summed E-state index contributed by atoms with van der Waals surface area (Å²) in [5, 5.41) is 11.4. The molecule has 2 aliphatic heterocycles. The lowest BCUT2D eigenvalue weighted by molar-refractivity contribution is -0.147. The average Bonchev–Trinajstić information content (AvgIpc) is 3.10. The molecule has 7 nitrogen and oxygen atoms in total. The van der Waals surface area contributed by atoms with Crippen LogP contribution >= 0.6 is 0 Å². The van der Waals surface area contributed by atoms with Crippen LogP contribution in [0.25, 0.3) is 11.1 Å². The summed E-state index contributed by atoms with van der Waals surface area (Å²) < 4.78 is 25.3.